The molecule has 2 aromatic rings. The van der Waals surface area contributed by atoms with Crippen molar-refractivity contribution in [3.8, 4) is 0 Å². The number of halogens is 2. The molecule has 6 heteroatoms. The van der Waals surface area contributed by atoms with Crippen LogP contribution in [0, 0.1) is 5.82 Å². The van der Waals surface area contributed by atoms with Crippen LogP contribution in [0.15, 0.2) is 42.6 Å². The van der Waals surface area contributed by atoms with E-state index in [2.05, 4.69) is 10.3 Å². The van der Waals surface area contributed by atoms with Crippen LogP contribution in [-0.4, -0.2) is 16.4 Å². The van der Waals surface area contributed by atoms with Crippen LogP contribution in [-0.2, 0) is 0 Å². The molecular weight excluding hydrogens is 259 g/mol. The molecule has 2 rings (SSSR count). The highest BCUT2D eigenvalue weighted by Gasteiger charge is 2.10. The highest BCUT2D eigenvalue weighted by atomic mass is 35.5. The van der Waals surface area contributed by atoms with Crippen LogP contribution in [0.1, 0.15) is 10.4 Å². The van der Waals surface area contributed by atoms with Gasteiger partial charge in [-0.1, -0.05) is 11.6 Å². The molecule has 4 nitrogen and oxygen atoms in total. The molecular formula is C12H10ClFN2O2. The summed E-state index contributed by atoms with van der Waals surface area (Å²) in [5.74, 6) is -0.739. The zero-order valence-electron chi connectivity index (χ0n) is 9.15. The van der Waals surface area contributed by atoms with Gasteiger partial charge in [-0.05, 0) is 36.4 Å². The summed E-state index contributed by atoms with van der Waals surface area (Å²) in [6.07, 6.45) is 1.50. The number of amides is 1. The van der Waals surface area contributed by atoms with Crippen LogP contribution in [0.4, 0.5) is 10.1 Å². The minimum absolute atomic E-state index is 0. The number of rotatable bonds is 2. The number of aromatic nitrogens is 1. The first kappa shape index (κ1) is 14.1. The van der Waals surface area contributed by atoms with E-state index in [-0.39, 0.29) is 27.9 Å². The van der Waals surface area contributed by atoms with Crippen molar-refractivity contribution in [2.75, 3.05) is 5.32 Å². The van der Waals surface area contributed by atoms with Crippen molar-refractivity contribution in [2.24, 2.45) is 0 Å². The molecule has 0 saturated carbocycles. The molecule has 0 spiro atoms. The van der Waals surface area contributed by atoms with Crippen LogP contribution in [0.2, 0.25) is 5.15 Å². The van der Waals surface area contributed by atoms with E-state index < -0.39 is 0 Å². The predicted molar refractivity (Wildman–Crippen MR) is 67.2 cm³/mol. The fraction of sp³-hybridized carbons (Fsp3) is 0. The minimum Gasteiger partial charge on any atom is -0.412 e. The lowest BCUT2D eigenvalue weighted by Crippen LogP contribution is -2.12. The van der Waals surface area contributed by atoms with Crippen LogP contribution in [0.3, 0.4) is 0 Å². The lowest BCUT2D eigenvalue weighted by atomic mass is 10.2. The monoisotopic (exact) mass is 268 g/mol. The average Bonchev–Trinajstić information content (AvgIpc) is 2.32. The summed E-state index contributed by atoms with van der Waals surface area (Å²) >= 11 is 5.78. The normalized spacial score (nSPS) is 9.44. The Bertz CT molecular complexity index is 546. The van der Waals surface area contributed by atoms with Gasteiger partial charge in [-0.2, -0.15) is 0 Å². The van der Waals surface area contributed by atoms with E-state index in [1.54, 1.807) is 12.1 Å². The topological polar surface area (TPSA) is 73.5 Å². The molecule has 94 valence electrons. The number of nitrogens with one attached hydrogen (secondary N) is 1. The quantitative estimate of drug-likeness (QED) is 0.849. The summed E-state index contributed by atoms with van der Waals surface area (Å²) in [5, 5.41) is 2.73. The van der Waals surface area contributed by atoms with E-state index in [0.717, 1.165) is 0 Å². The molecule has 1 aromatic carbocycles. The van der Waals surface area contributed by atoms with Crippen LogP contribution in [0.5, 0.6) is 0 Å². The summed E-state index contributed by atoms with van der Waals surface area (Å²) in [4.78, 5) is 15.6. The van der Waals surface area contributed by atoms with Crippen LogP contribution < -0.4 is 5.32 Å². The number of carbonyl (C=O) groups is 1. The Balaban J connectivity index is 0.00000162. The van der Waals surface area contributed by atoms with Crippen molar-refractivity contribution >= 4 is 23.2 Å². The Morgan fingerprint density at radius 3 is 2.50 bits per heavy atom. The van der Waals surface area contributed by atoms with E-state index in [1.165, 1.54) is 30.5 Å². The summed E-state index contributed by atoms with van der Waals surface area (Å²) in [5.41, 5.74) is 0.773. The highest BCUT2D eigenvalue weighted by molar-refractivity contribution is 6.33. The Labute approximate surface area is 108 Å². The maximum atomic E-state index is 12.7. The Hall–Kier alpha value is -1.98. The molecule has 1 heterocycles. The van der Waals surface area contributed by atoms with Gasteiger partial charge < -0.3 is 10.8 Å². The highest BCUT2D eigenvalue weighted by Crippen LogP contribution is 2.15. The summed E-state index contributed by atoms with van der Waals surface area (Å²) in [7, 11) is 0. The molecule has 0 atom stereocenters. The largest absolute Gasteiger partial charge is 0.412 e. The first-order valence-electron chi connectivity index (χ1n) is 4.84. The van der Waals surface area contributed by atoms with E-state index in [4.69, 9.17) is 11.6 Å². The van der Waals surface area contributed by atoms with Crippen molar-refractivity contribution in [3.63, 3.8) is 0 Å². The van der Waals surface area contributed by atoms with Gasteiger partial charge in [0.2, 0.25) is 0 Å². The van der Waals surface area contributed by atoms with Gasteiger partial charge in [0, 0.05) is 11.9 Å². The predicted octanol–water partition coefficient (Wildman–Crippen LogP) is 2.30. The second-order valence-electron chi connectivity index (χ2n) is 3.30. The fourth-order valence-electron chi connectivity index (χ4n) is 1.29. The van der Waals surface area contributed by atoms with E-state index >= 15 is 0 Å². The van der Waals surface area contributed by atoms with Crippen molar-refractivity contribution < 1.29 is 14.7 Å². The molecule has 0 bridgehead atoms. The standard InChI is InChI=1S/C12H8ClFN2O.H2O/c13-11-10(2-1-7-15-11)12(17)16-9-5-3-8(14)4-6-9;/h1-7H,(H,16,17);1H2. The second kappa shape index (κ2) is 6.09. The lowest BCUT2D eigenvalue weighted by Gasteiger charge is -2.05. The summed E-state index contributed by atoms with van der Waals surface area (Å²) in [6.45, 7) is 0. The number of benzene rings is 1. The number of nitrogens with zero attached hydrogens (tertiary/aromatic N) is 1. The fourth-order valence-corrected chi connectivity index (χ4v) is 1.49. The minimum atomic E-state index is -0.380. The van der Waals surface area contributed by atoms with Crippen molar-refractivity contribution in [1.82, 2.24) is 4.98 Å². The molecule has 0 fully saturated rings. The summed E-state index contributed by atoms with van der Waals surface area (Å²) in [6, 6.07) is 8.65. The third-order valence-corrected chi connectivity index (χ3v) is 2.41. The van der Waals surface area contributed by atoms with E-state index in [1.807, 2.05) is 0 Å². The van der Waals surface area contributed by atoms with E-state index in [9.17, 15) is 9.18 Å². The molecule has 1 amide bonds. The smallest absolute Gasteiger partial charge is 0.258 e. The lowest BCUT2D eigenvalue weighted by molar-refractivity contribution is 0.102. The molecule has 1 aromatic heterocycles. The van der Waals surface area contributed by atoms with Crippen LogP contribution >= 0.6 is 11.6 Å². The molecule has 18 heavy (non-hydrogen) atoms. The Kier molecular flexibility index (Phi) is 4.76. The number of anilines is 1. The Morgan fingerprint density at radius 2 is 1.89 bits per heavy atom. The van der Waals surface area contributed by atoms with E-state index in [0.29, 0.717) is 5.69 Å². The average molecular weight is 269 g/mol. The van der Waals surface area contributed by atoms with Gasteiger partial charge in [-0.15, -0.1) is 0 Å². The first-order valence-corrected chi connectivity index (χ1v) is 5.22. The Morgan fingerprint density at radius 1 is 1.22 bits per heavy atom. The molecule has 0 aliphatic heterocycles. The summed E-state index contributed by atoms with van der Waals surface area (Å²) < 4.78 is 12.7. The number of carbonyl (C=O) groups excluding carboxylic acids is 1. The van der Waals surface area contributed by atoms with Gasteiger partial charge >= 0.3 is 0 Å². The molecule has 0 radical (unpaired) electrons. The third kappa shape index (κ3) is 3.26. The van der Waals surface area contributed by atoms with Crippen LogP contribution in [0.25, 0.3) is 0 Å². The number of pyridine rings is 1. The number of hydrogen-bond donors (Lipinski definition) is 1. The molecule has 3 N–H and O–H groups in total. The van der Waals surface area contributed by atoms with Gasteiger partial charge in [0.15, 0.2) is 0 Å². The van der Waals surface area contributed by atoms with Gasteiger partial charge in [0.05, 0.1) is 5.56 Å². The van der Waals surface area contributed by atoms with Gasteiger partial charge in [0.25, 0.3) is 5.91 Å². The number of hydrogen-bond acceptors (Lipinski definition) is 2. The maximum Gasteiger partial charge on any atom is 0.258 e. The first-order chi connectivity index (χ1) is 8.16. The van der Waals surface area contributed by atoms with Crippen molar-refractivity contribution in [3.05, 3.63) is 59.1 Å². The van der Waals surface area contributed by atoms with Gasteiger partial charge in [-0.25, -0.2) is 9.37 Å². The van der Waals surface area contributed by atoms with Crippen molar-refractivity contribution in [2.45, 2.75) is 0 Å². The molecule has 0 saturated heterocycles. The second-order valence-corrected chi connectivity index (χ2v) is 3.66. The zero-order valence-corrected chi connectivity index (χ0v) is 9.91. The van der Waals surface area contributed by atoms with Gasteiger partial charge in [-0.3, -0.25) is 4.79 Å². The van der Waals surface area contributed by atoms with Crippen molar-refractivity contribution in [1.29, 1.82) is 0 Å². The maximum absolute atomic E-state index is 12.7. The third-order valence-electron chi connectivity index (χ3n) is 2.11. The zero-order chi connectivity index (χ0) is 12.3. The van der Waals surface area contributed by atoms with Gasteiger partial charge in [0.1, 0.15) is 11.0 Å². The molecule has 0 unspecified atom stereocenters. The molecule has 0 aliphatic carbocycles. The molecule has 0 aliphatic rings. The SMILES string of the molecule is O.O=C(Nc1ccc(F)cc1)c1cccnc1Cl.